The first-order chi connectivity index (χ1) is 11.5. The van der Waals surface area contributed by atoms with E-state index < -0.39 is 10.7 Å². The third-order valence-electron chi connectivity index (χ3n) is 3.81. The molecule has 0 unspecified atom stereocenters. The molecule has 24 heavy (non-hydrogen) atoms. The largest absolute Gasteiger partial charge is 0.361 e. The molecule has 0 amide bonds. The molecule has 8 nitrogen and oxygen atoms in total. The SMILES string of the molecule is CCOC1(OCC)CN/C(=C\[N+](=O)[O-])N(Cc2ncccc2C)C1. The van der Waals surface area contributed by atoms with E-state index in [-0.39, 0.29) is 0 Å². The van der Waals surface area contributed by atoms with Gasteiger partial charge >= 0.3 is 0 Å². The van der Waals surface area contributed by atoms with Crippen LogP contribution in [0.4, 0.5) is 0 Å². The lowest BCUT2D eigenvalue weighted by atomic mass is 10.1. The summed E-state index contributed by atoms with van der Waals surface area (Å²) in [5.74, 6) is -0.403. The van der Waals surface area contributed by atoms with Gasteiger partial charge in [-0.2, -0.15) is 0 Å². The van der Waals surface area contributed by atoms with Crippen LogP contribution in [0.2, 0.25) is 0 Å². The van der Waals surface area contributed by atoms with Crippen molar-refractivity contribution in [1.29, 1.82) is 0 Å². The standard InChI is InChI=1S/C16H24N4O4/c1-4-23-16(24-5-2)11-18-15(10-20(21)22)19(12-16)9-14-13(3)7-6-8-17-14/h6-8,10,18H,4-5,9,11-12H2,1-3H3/b15-10+. The molecule has 2 heterocycles. The van der Waals surface area contributed by atoms with E-state index in [1.165, 1.54) is 0 Å². The van der Waals surface area contributed by atoms with Crippen LogP contribution in [0.5, 0.6) is 0 Å². The Balaban J connectivity index is 2.28. The van der Waals surface area contributed by atoms with E-state index in [0.717, 1.165) is 17.5 Å². The number of rotatable bonds is 7. The predicted octanol–water partition coefficient (Wildman–Crippen LogP) is 1.64. The van der Waals surface area contributed by atoms with Crippen molar-refractivity contribution >= 4 is 0 Å². The molecule has 0 aromatic carbocycles. The number of hydrogen-bond donors (Lipinski definition) is 1. The highest BCUT2D eigenvalue weighted by atomic mass is 16.7. The van der Waals surface area contributed by atoms with E-state index in [2.05, 4.69) is 10.3 Å². The molecule has 1 aliphatic rings. The Morgan fingerprint density at radius 1 is 1.46 bits per heavy atom. The van der Waals surface area contributed by atoms with Gasteiger partial charge in [0.15, 0.2) is 5.82 Å². The van der Waals surface area contributed by atoms with E-state index in [1.807, 2.05) is 37.8 Å². The second-order valence-electron chi connectivity index (χ2n) is 5.55. The van der Waals surface area contributed by atoms with Crippen LogP contribution in [-0.4, -0.2) is 46.9 Å². The molecule has 1 saturated heterocycles. The zero-order chi connectivity index (χ0) is 17.6. The second-order valence-corrected chi connectivity index (χ2v) is 5.55. The van der Waals surface area contributed by atoms with Crippen molar-refractivity contribution in [2.24, 2.45) is 0 Å². The van der Waals surface area contributed by atoms with Gasteiger partial charge in [0.2, 0.25) is 5.79 Å². The van der Waals surface area contributed by atoms with Gasteiger partial charge in [-0.15, -0.1) is 0 Å². The van der Waals surface area contributed by atoms with Crippen LogP contribution in [-0.2, 0) is 16.0 Å². The maximum atomic E-state index is 10.9. The topological polar surface area (TPSA) is 89.8 Å². The van der Waals surface area contributed by atoms with E-state index in [0.29, 0.717) is 38.7 Å². The van der Waals surface area contributed by atoms with Crippen molar-refractivity contribution in [2.75, 3.05) is 26.3 Å². The van der Waals surface area contributed by atoms with Crippen molar-refractivity contribution in [3.63, 3.8) is 0 Å². The highest BCUT2D eigenvalue weighted by molar-refractivity contribution is 5.19. The Hall–Kier alpha value is -2.19. The minimum Gasteiger partial charge on any atom is -0.361 e. The summed E-state index contributed by atoms with van der Waals surface area (Å²) in [7, 11) is 0. The summed E-state index contributed by atoms with van der Waals surface area (Å²) >= 11 is 0. The molecule has 2 rings (SSSR count). The lowest BCUT2D eigenvalue weighted by Gasteiger charge is -2.43. The summed E-state index contributed by atoms with van der Waals surface area (Å²) in [5, 5.41) is 14.0. The minimum atomic E-state index is -0.833. The molecule has 0 aliphatic carbocycles. The third kappa shape index (κ3) is 4.42. The summed E-state index contributed by atoms with van der Waals surface area (Å²) in [5.41, 5.74) is 1.89. The molecular weight excluding hydrogens is 312 g/mol. The molecule has 132 valence electrons. The Bertz CT molecular complexity index is 599. The van der Waals surface area contributed by atoms with Crippen LogP contribution in [0.1, 0.15) is 25.1 Å². The van der Waals surface area contributed by atoms with Crippen LogP contribution in [0.15, 0.2) is 30.4 Å². The molecule has 1 aromatic heterocycles. The molecule has 1 aliphatic heterocycles. The smallest absolute Gasteiger partial charge is 0.274 e. The van der Waals surface area contributed by atoms with Crippen molar-refractivity contribution in [3.8, 4) is 0 Å². The fraction of sp³-hybridized carbons (Fsp3) is 0.562. The van der Waals surface area contributed by atoms with Crippen LogP contribution in [0, 0.1) is 17.0 Å². The highest BCUT2D eigenvalue weighted by Crippen LogP contribution is 2.24. The number of hydrogen-bond acceptors (Lipinski definition) is 7. The van der Waals surface area contributed by atoms with Crippen molar-refractivity contribution in [2.45, 2.75) is 33.1 Å². The van der Waals surface area contributed by atoms with Gasteiger partial charge in [-0.25, -0.2) is 0 Å². The van der Waals surface area contributed by atoms with Crippen LogP contribution >= 0.6 is 0 Å². The third-order valence-corrected chi connectivity index (χ3v) is 3.81. The van der Waals surface area contributed by atoms with Gasteiger partial charge < -0.3 is 19.7 Å². The summed E-state index contributed by atoms with van der Waals surface area (Å²) < 4.78 is 11.6. The Kier molecular flexibility index (Phi) is 6.10. The van der Waals surface area contributed by atoms with Gasteiger partial charge in [0, 0.05) is 19.4 Å². The van der Waals surface area contributed by atoms with Gasteiger partial charge in [-0.05, 0) is 32.4 Å². The van der Waals surface area contributed by atoms with Gasteiger partial charge in [0.05, 0.1) is 30.3 Å². The van der Waals surface area contributed by atoms with Gasteiger partial charge in [-0.1, -0.05) is 6.07 Å². The molecule has 0 radical (unpaired) electrons. The average Bonchev–Trinajstić information content (AvgIpc) is 2.52. The molecule has 0 spiro atoms. The number of aromatic nitrogens is 1. The van der Waals surface area contributed by atoms with Crippen molar-refractivity contribution in [3.05, 3.63) is 51.7 Å². The second kappa shape index (κ2) is 8.07. The maximum Gasteiger partial charge on any atom is 0.274 e. The molecule has 0 saturated carbocycles. The normalized spacial score (nSPS) is 18.5. The zero-order valence-corrected chi connectivity index (χ0v) is 14.3. The first-order valence-corrected chi connectivity index (χ1v) is 8.02. The molecule has 0 atom stereocenters. The van der Waals surface area contributed by atoms with Gasteiger partial charge in [-0.3, -0.25) is 15.1 Å². The number of nitro groups is 1. The first kappa shape index (κ1) is 18.2. The van der Waals surface area contributed by atoms with Crippen LogP contribution in [0.25, 0.3) is 0 Å². The maximum absolute atomic E-state index is 10.9. The lowest BCUT2D eigenvalue weighted by molar-refractivity contribution is -0.405. The predicted molar refractivity (Wildman–Crippen MR) is 88.4 cm³/mol. The average molecular weight is 336 g/mol. The quantitative estimate of drug-likeness (QED) is 0.460. The Morgan fingerprint density at radius 2 is 2.17 bits per heavy atom. The Labute approximate surface area is 141 Å². The number of nitrogens with zero attached hydrogens (tertiary/aromatic N) is 3. The first-order valence-electron chi connectivity index (χ1n) is 8.02. The number of pyridine rings is 1. The molecule has 0 bridgehead atoms. The monoisotopic (exact) mass is 336 g/mol. The summed E-state index contributed by atoms with van der Waals surface area (Å²) in [6.45, 7) is 7.92. The summed E-state index contributed by atoms with van der Waals surface area (Å²) in [6, 6.07) is 3.83. The van der Waals surface area contributed by atoms with Crippen LogP contribution < -0.4 is 5.32 Å². The van der Waals surface area contributed by atoms with E-state index in [9.17, 15) is 10.1 Å². The number of ether oxygens (including phenoxy) is 2. The van der Waals surface area contributed by atoms with E-state index in [4.69, 9.17) is 9.47 Å². The number of nitrogens with one attached hydrogen (secondary N) is 1. The molecule has 1 fully saturated rings. The number of aryl methyl sites for hydroxylation is 1. The fourth-order valence-corrected chi connectivity index (χ4v) is 2.76. The molecule has 1 aromatic rings. The van der Waals surface area contributed by atoms with Gasteiger partial charge in [0.1, 0.15) is 0 Å². The highest BCUT2D eigenvalue weighted by Gasteiger charge is 2.40. The van der Waals surface area contributed by atoms with Gasteiger partial charge in [0.25, 0.3) is 6.20 Å². The lowest BCUT2D eigenvalue weighted by Crippen LogP contribution is -2.59. The molecular formula is C16H24N4O4. The molecule has 1 N–H and O–H groups in total. The Morgan fingerprint density at radius 3 is 2.75 bits per heavy atom. The molecule has 8 heteroatoms. The fourth-order valence-electron chi connectivity index (χ4n) is 2.76. The van der Waals surface area contributed by atoms with E-state index in [1.54, 1.807) is 6.20 Å². The van der Waals surface area contributed by atoms with Crippen molar-refractivity contribution < 1.29 is 14.4 Å². The minimum absolute atomic E-state index is 0.353. The zero-order valence-electron chi connectivity index (χ0n) is 14.3. The van der Waals surface area contributed by atoms with Crippen molar-refractivity contribution in [1.82, 2.24) is 15.2 Å². The van der Waals surface area contributed by atoms with E-state index >= 15 is 0 Å². The summed E-state index contributed by atoms with van der Waals surface area (Å²) in [6.07, 6.45) is 2.69. The summed E-state index contributed by atoms with van der Waals surface area (Å²) in [4.78, 5) is 16.7. The van der Waals surface area contributed by atoms with Crippen LogP contribution in [0.3, 0.4) is 0 Å².